The topological polar surface area (TPSA) is 58.6 Å². The van der Waals surface area contributed by atoms with Gasteiger partial charge in [0.05, 0.1) is 5.02 Å². The first-order chi connectivity index (χ1) is 14.2. The maximum atomic E-state index is 13.1. The predicted molar refractivity (Wildman–Crippen MR) is 124 cm³/mol. The fraction of sp³-hybridized carbons (Fsp3) is 0.391. The molecule has 0 fully saturated rings. The van der Waals surface area contributed by atoms with Crippen LogP contribution in [0.5, 0.6) is 5.75 Å². The van der Waals surface area contributed by atoms with Crippen LogP contribution < -0.4 is 10.1 Å². The quantitative estimate of drug-likeness (QED) is 0.525. The van der Waals surface area contributed by atoms with Gasteiger partial charge in [-0.1, -0.05) is 64.3 Å². The second-order valence-corrected chi connectivity index (χ2v) is 8.69. The van der Waals surface area contributed by atoms with Gasteiger partial charge in [-0.25, -0.2) is 0 Å². The maximum absolute atomic E-state index is 13.1. The second-order valence-electron chi connectivity index (χ2n) is 7.37. The predicted octanol–water partition coefficient (Wildman–Crippen LogP) is 5.12. The molecule has 2 amide bonds. The van der Waals surface area contributed by atoms with Crippen LogP contribution in [0.4, 0.5) is 0 Å². The Morgan fingerprint density at radius 2 is 1.93 bits per heavy atom. The summed E-state index contributed by atoms with van der Waals surface area (Å²) in [5.41, 5.74) is 2.04. The van der Waals surface area contributed by atoms with Crippen molar-refractivity contribution in [3.63, 3.8) is 0 Å². The third-order valence-corrected chi connectivity index (χ3v) is 5.64. The highest BCUT2D eigenvalue weighted by Gasteiger charge is 2.27. The lowest BCUT2D eigenvalue weighted by atomic mass is 10.1. The van der Waals surface area contributed by atoms with Crippen LogP contribution in [0.15, 0.2) is 46.9 Å². The second kappa shape index (κ2) is 11.4. The molecule has 0 aliphatic rings. The lowest BCUT2D eigenvalue weighted by Gasteiger charge is -2.29. The molecule has 0 radical (unpaired) electrons. The van der Waals surface area contributed by atoms with E-state index in [4.69, 9.17) is 16.3 Å². The summed E-state index contributed by atoms with van der Waals surface area (Å²) >= 11 is 9.53. The normalized spacial score (nSPS) is 12.7. The molecule has 2 rings (SSSR count). The molecule has 162 valence electrons. The van der Waals surface area contributed by atoms with Crippen molar-refractivity contribution in [1.82, 2.24) is 10.2 Å². The van der Waals surface area contributed by atoms with Crippen LogP contribution in [0.25, 0.3) is 0 Å². The summed E-state index contributed by atoms with van der Waals surface area (Å²) in [7, 11) is 0. The lowest BCUT2D eigenvalue weighted by Crippen LogP contribution is -2.50. The van der Waals surface area contributed by atoms with Gasteiger partial charge in [0, 0.05) is 17.1 Å². The monoisotopic (exact) mass is 494 g/mol. The Kier molecular flexibility index (Phi) is 9.18. The highest BCUT2D eigenvalue weighted by molar-refractivity contribution is 9.10. The van der Waals surface area contributed by atoms with Crippen molar-refractivity contribution < 1.29 is 14.3 Å². The van der Waals surface area contributed by atoms with Crippen molar-refractivity contribution in [2.75, 3.05) is 6.61 Å². The van der Waals surface area contributed by atoms with E-state index in [0.29, 0.717) is 17.3 Å². The van der Waals surface area contributed by atoms with Crippen LogP contribution in [0.1, 0.15) is 38.3 Å². The molecular formula is C23H28BrClN2O3. The summed E-state index contributed by atoms with van der Waals surface area (Å²) in [5, 5.41) is 3.36. The van der Waals surface area contributed by atoms with E-state index in [0.717, 1.165) is 22.0 Å². The molecule has 7 heteroatoms. The molecule has 0 heterocycles. The largest absolute Gasteiger partial charge is 0.482 e. The Labute approximate surface area is 191 Å². The molecule has 5 nitrogen and oxygen atoms in total. The molecule has 0 bridgehead atoms. The van der Waals surface area contributed by atoms with Gasteiger partial charge in [0.2, 0.25) is 5.91 Å². The zero-order valence-corrected chi connectivity index (χ0v) is 20.1. The third kappa shape index (κ3) is 7.03. The molecule has 0 aliphatic heterocycles. The zero-order valence-electron chi connectivity index (χ0n) is 17.7. The minimum Gasteiger partial charge on any atom is -0.482 e. The van der Waals surface area contributed by atoms with Crippen molar-refractivity contribution in [3.05, 3.63) is 63.1 Å². The van der Waals surface area contributed by atoms with Gasteiger partial charge in [-0.05, 0) is 51.0 Å². The highest BCUT2D eigenvalue weighted by Crippen LogP contribution is 2.27. The molecule has 0 aromatic heterocycles. The minimum absolute atomic E-state index is 0.0358. The van der Waals surface area contributed by atoms with Crippen molar-refractivity contribution in [2.45, 2.75) is 52.7 Å². The van der Waals surface area contributed by atoms with Crippen LogP contribution in [-0.4, -0.2) is 35.4 Å². The SMILES string of the molecule is CC[C@@H](C)NC(=O)[C@@H](C)N(Cc1cccc(C)c1)C(=O)COc1ccc(Br)cc1Cl. The van der Waals surface area contributed by atoms with Crippen LogP contribution in [0, 0.1) is 6.92 Å². The van der Waals surface area contributed by atoms with Crippen LogP contribution >= 0.6 is 27.5 Å². The molecule has 0 saturated heterocycles. The summed E-state index contributed by atoms with van der Waals surface area (Å²) in [5.74, 6) is -0.0604. The molecule has 0 saturated carbocycles. The first-order valence-electron chi connectivity index (χ1n) is 9.94. The van der Waals surface area contributed by atoms with Gasteiger partial charge in [-0.2, -0.15) is 0 Å². The smallest absolute Gasteiger partial charge is 0.261 e. The summed E-state index contributed by atoms with van der Waals surface area (Å²) < 4.78 is 6.47. The first kappa shape index (κ1) is 24.2. The third-order valence-electron chi connectivity index (χ3n) is 4.85. The average Bonchev–Trinajstić information content (AvgIpc) is 2.70. The van der Waals surface area contributed by atoms with Gasteiger partial charge >= 0.3 is 0 Å². The Bertz CT molecular complexity index is 891. The van der Waals surface area contributed by atoms with E-state index in [1.807, 2.05) is 45.0 Å². The average molecular weight is 496 g/mol. The van der Waals surface area contributed by atoms with E-state index < -0.39 is 6.04 Å². The first-order valence-corrected chi connectivity index (χ1v) is 11.1. The number of hydrogen-bond acceptors (Lipinski definition) is 3. The van der Waals surface area contributed by atoms with Gasteiger partial charge in [-0.3, -0.25) is 9.59 Å². The fourth-order valence-corrected chi connectivity index (χ4v) is 3.60. The maximum Gasteiger partial charge on any atom is 0.261 e. The Morgan fingerprint density at radius 3 is 2.57 bits per heavy atom. The van der Waals surface area contributed by atoms with Gasteiger partial charge in [0.1, 0.15) is 11.8 Å². The van der Waals surface area contributed by atoms with Crippen molar-refractivity contribution in [1.29, 1.82) is 0 Å². The molecule has 2 aromatic rings. The molecule has 0 unspecified atom stereocenters. The molecule has 30 heavy (non-hydrogen) atoms. The van der Waals surface area contributed by atoms with Gasteiger partial charge < -0.3 is 15.0 Å². The number of carbonyl (C=O) groups excluding carboxylic acids is 2. The minimum atomic E-state index is -0.643. The van der Waals surface area contributed by atoms with Crippen LogP contribution in [0.3, 0.4) is 0 Å². The van der Waals surface area contributed by atoms with Crippen LogP contribution in [0.2, 0.25) is 5.02 Å². The van der Waals surface area contributed by atoms with E-state index in [-0.39, 0.29) is 24.5 Å². The van der Waals surface area contributed by atoms with E-state index >= 15 is 0 Å². The molecule has 2 aromatic carbocycles. The number of carbonyl (C=O) groups is 2. The van der Waals surface area contributed by atoms with Gasteiger partial charge in [-0.15, -0.1) is 0 Å². The van der Waals surface area contributed by atoms with Crippen molar-refractivity contribution in [2.24, 2.45) is 0 Å². The number of halogens is 2. The van der Waals surface area contributed by atoms with Crippen molar-refractivity contribution >= 4 is 39.3 Å². The molecule has 0 spiro atoms. The number of amides is 2. The molecule has 2 atom stereocenters. The zero-order chi connectivity index (χ0) is 22.3. The standard InChI is InChI=1S/C23H28BrClN2O3/c1-5-16(3)26-23(29)17(4)27(13-18-8-6-7-15(2)11-18)22(28)14-30-21-10-9-19(24)12-20(21)25/h6-12,16-17H,5,13-14H2,1-4H3,(H,26,29)/t16-,17-/m1/s1. The molecule has 0 aliphatic carbocycles. The van der Waals surface area contributed by atoms with Gasteiger partial charge in [0.25, 0.3) is 5.91 Å². The number of ether oxygens (including phenoxy) is 1. The van der Waals surface area contributed by atoms with E-state index in [9.17, 15) is 9.59 Å². The fourth-order valence-electron chi connectivity index (χ4n) is 2.87. The summed E-state index contributed by atoms with van der Waals surface area (Å²) in [6.45, 7) is 7.77. The number of hydrogen-bond donors (Lipinski definition) is 1. The highest BCUT2D eigenvalue weighted by atomic mass is 79.9. The van der Waals surface area contributed by atoms with Crippen LogP contribution in [-0.2, 0) is 16.1 Å². The summed E-state index contributed by atoms with van der Waals surface area (Å²) in [6, 6.07) is 12.5. The Morgan fingerprint density at radius 1 is 1.20 bits per heavy atom. The molecular weight excluding hydrogens is 468 g/mol. The molecule has 1 N–H and O–H groups in total. The summed E-state index contributed by atoms with van der Waals surface area (Å²) in [6.07, 6.45) is 0.815. The summed E-state index contributed by atoms with van der Waals surface area (Å²) in [4.78, 5) is 27.3. The number of aryl methyl sites for hydroxylation is 1. The van der Waals surface area contributed by atoms with E-state index in [2.05, 4.69) is 21.2 Å². The Balaban J connectivity index is 2.18. The van der Waals surface area contributed by atoms with E-state index in [1.165, 1.54) is 0 Å². The van der Waals surface area contributed by atoms with Gasteiger partial charge in [0.15, 0.2) is 6.61 Å². The Hall–Kier alpha value is -2.05. The number of nitrogens with one attached hydrogen (secondary N) is 1. The number of nitrogens with zero attached hydrogens (tertiary/aromatic N) is 1. The van der Waals surface area contributed by atoms with Crippen molar-refractivity contribution in [3.8, 4) is 5.75 Å². The number of benzene rings is 2. The van der Waals surface area contributed by atoms with E-state index in [1.54, 1.807) is 30.0 Å². The number of rotatable bonds is 9. The lowest BCUT2D eigenvalue weighted by molar-refractivity contribution is -0.142.